The zero-order valence-electron chi connectivity index (χ0n) is 11.6. The third-order valence-electron chi connectivity index (χ3n) is 3.88. The van der Waals surface area contributed by atoms with Gasteiger partial charge in [0, 0.05) is 24.5 Å². The van der Waals surface area contributed by atoms with Crippen molar-refractivity contribution >= 4 is 11.6 Å². The first kappa shape index (κ1) is 13.4. The minimum absolute atomic E-state index is 0.0551. The Labute approximate surface area is 123 Å². The maximum Gasteiger partial charge on any atom is 0.254 e. The van der Waals surface area contributed by atoms with E-state index in [-0.39, 0.29) is 23.4 Å². The van der Waals surface area contributed by atoms with Gasteiger partial charge in [-0.25, -0.2) is 0 Å². The number of hydrogen-bond acceptors (Lipinski definition) is 4. The van der Waals surface area contributed by atoms with E-state index in [1.54, 1.807) is 24.5 Å². The number of rotatable bonds is 2. The van der Waals surface area contributed by atoms with Gasteiger partial charge in [-0.1, -0.05) is 0 Å². The number of phenols is 1. The summed E-state index contributed by atoms with van der Waals surface area (Å²) >= 11 is 0. The predicted molar refractivity (Wildman–Crippen MR) is 79.8 cm³/mol. The quantitative estimate of drug-likeness (QED) is 0.655. The first-order chi connectivity index (χ1) is 10.2. The third-order valence-corrected chi connectivity index (χ3v) is 3.88. The second kappa shape index (κ2) is 5.44. The number of pyridine rings is 1. The molecule has 2 aromatic rings. The number of carbonyl (C=O) groups excluding carboxylic acids is 1. The minimum atomic E-state index is -0.0791. The smallest absolute Gasteiger partial charge is 0.254 e. The van der Waals surface area contributed by atoms with E-state index >= 15 is 0 Å². The number of nitrogens with two attached hydrogens (primary N) is 1. The van der Waals surface area contributed by atoms with E-state index in [1.165, 1.54) is 6.07 Å². The molecule has 1 fully saturated rings. The molecule has 1 aliphatic heterocycles. The van der Waals surface area contributed by atoms with Crippen molar-refractivity contribution in [3.05, 3.63) is 53.9 Å². The highest BCUT2D eigenvalue weighted by molar-refractivity contribution is 5.95. The summed E-state index contributed by atoms with van der Waals surface area (Å²) in [5, 5.41) is 9.67. The summed E-state index contributed by atoms with van der Waals surface area (Å²) in [6.07, 6.45) is 5.40. The fourth-order valence-electron chi connectivity index (χ4n) is 2.78. The van der Waals surface area contributed by atoms with Crippen LogP contribution in [0.1, 0.15) is 34.8 Å². The van der Waals surface area contributed by atoms with E-state index in [4.69, 9.17) is 5.73 Å². The van der Waals surface area contributed by atoms with E-state index in [9.17, 15) is 9.90 Å². The van der Waals surface area contributed by atoms with Crippen molar-refractivity contribution in [2.24, 2.45) is 0 Å². The van der Waals surface area contributed by atoms with E-state index in [0.29, 0.717) is 5.56 Å². The van der Waals surface area contributed by atoms with Gasteiger partial charge in [0.2, 0.25) is 0 Å². The van der Waals surface area contributed by atoms with Crippen molar-refractivity contribution in [2.75, 3.05) is 12.3 Å². The maximum absolute atomic E-state index is 12.7. The molecular formula is C16H17N3O2. The van der Waals surface area contributed by atoms with Gasteiger partial charge in [-0.05, 0) is 48.7 Å². The first-order valence-corrected chi connectivity index (χ1v) is 6.96. The van der Waals surface area contributed by atoms with Gasteiger partial charge in [-0.2, -0.15) is 0 Å². The fourth-order valence-corrected chi connectivity index (χ4v) is 2.78. The van der Waals surface area contributed by atoms with Crippen LogP contribution in [0, 0.1) is 0 Å². The number of nitrogen functional groups attached to an aromatic ring is 1. The largest absolute Gasteiger partial charge is 0.506 e. The Bertz CT molecular complexity index is 658. The monoisotopic (exact) mass is 283 g/mol. The van der Waals surface area contributed by atoms with E-state index < -0.39 is 0 Å². The van der Waals surface area contributed by atoms with Gasteiger partial charge in [0.1, 0.15) is 5.75 Å². The summed E-state index contributed by atoms with van der Waals surface area (Å²) in [4.78, 5) is 18.5. The standard InChI is InChI=1S/C16H17N3O2/c17-13-4-3-12(10-15(13)20)16(21)19-9-1-2-14(19)11-5-7-18-8-6-11/h3-8,10,14,20H,1-2,9,17H2. The lowest BCUT2D eigenvalue weighted by molar-refractivity contribution is 0.0735. The van der Waals surface area contributed by atoms with Crippen LogP contribution in [0.2, 0.25) is 0 Å². The Morgan fingerprint density at radius 2 is 2.05 bits per heavy atom. The molecule has 1 aliphatic rings. The lowest BCUT2D eigenvalue weighted by atomic mass is 10.1. The molecule has 0 saturated carbocycles. The van der Waals surface area contributed by atoms with E-state index in [1.807, 2.05) is 17.0 Å². The molecule has 1 saturated heterocycles. The molecule has 1 aromatic heterocycles. The summed E-state index contributed by atoms with van der Waals surface area (Å²) in [7, 11) is 0. The second-order valence-corrected chi connectivity index (χ2v) is 5.21. The van der Waals surface area contributed by atoms with E-state index in [2.05, 4.69) is 4.98 Å². The van der Waals surface area contributed by atoms with Gasteiger partial charge in [0.25, 0.3) is 5.91 Å². The van der Waals surface area contributed by atoms with Crippen molar-refractivity contribution in [1.29, 1.82) is 0 Å². The van der Waals surface area contributed by atoms with Crippen LogP contribution in [-0.4, -0.2) is 27.4 Å². The van der Waals surface area contributed by atoms with Crippen molar-refractivity contribution in [3.8, 4) is 5.75 Å². The van der Waals surface area contributed by atoms with Crippen LogP contribution >= 0.6 is 0 Å². The number of nitrogens with zero attached hydrogens (tertiary/aromatic N) is 2. The zero-order valence-corrected chi connectivity index (χ0v) is 11.6. The normalized spacial score (nSPS) is 17.9. The first-order valence-electron chi connectivity index (χ1n) is 6.96. The number of carbonyl (C=O) groups is 1. The molecular weight excluding hydrogens is 266 g/mol. The highest BCUT2D eigenvalue weighted by Gasteiger charge is 2.30. The summed E-state index contributed by atoms with van der Waals surface area (Å²) in [6, 6.07) is 8.59. The number of benzene rings is 1. The van der Waals surface area contributed by atoms with Crippen LogP contribution in [-0.2, 0) is 0 Å². The van der Waals surface area contributed by atoms with Crippen molar-refractivity contribution in [2.45, 2.75) is 18.9 Å². The minimum Gasteiger partial charge on any atom is -0.506 e. The molecule has 1 atom stereocenters. The van der Waals surface area contributed by atoms with Crippen LogP contribution in [0.3, 0.4) is 0 Å². The average Bonchev–Trinajstić information content (AvgIpc) is 2.99. The van der Waals surface area contributed by atoms with Crippen LogP contribution in [0.25, 0.3) is 0 Å². The number of anilines is 1. The highest BCUT2D eigenvalue weighted by atomic mass is 16.3. The third kappa shape index (κ3) is 2.54. The van der Waals surface area contributed by atoms with Crippen molar-refractivity contribution in [3.63, 3.8) is 0 Å². The highest BCUT2D eigenvalue weighted by Crippen LogP contribution is 2.33. The van der Waals surface area contributed by atoms with Gasteiger partial charge >= 0.3 is 0 Å². The number of likely N-dealkylation sites (tertiary alicyclic amines) is 1. The molecule has 5 heteroatoms. The molecule has 3 N–H and O–H groups in total. The number of aromatic hydroxyl groups is 1. The summed E-state index contributed by atoms with van der Waals surface area (Å²) in [6.45, 7) is 0.719. The van der Waals surface area contributed by atoms with Gasteiger partial charge in [-0.15, -0.1) is 0 Å². The van der Waals surface area contributed by atoms with Crippen molar-refractivity contribution in [1.82, 2.24) is 9.88 Å². The van der Waals surface area contributed by atoms with E-state index in [0.717, 1.165) is 24.9 Å². The molecule has 108 valence electrons. The molecule has 0 radical (unpaired) electrons. The molecule has 0 bridgehead atoms. The van der Waals surface area contributed by atoms with Gasteiger partial charge in [0.05, 0.1) is 11.7 Å². The fraction of sp³-hybridized carbons (Fsp3) is 0.250. The van der Waals surface area contributed by atoms with Crippen LogP contribution in [0.5, 0.6) is 5.75 Å². The summed E-state index contributed by atoms with van der Waals surface area (Å²) in [5.74, 6) is -0.134. The molecule has 0 spiro atoms. The Hall–Kier alpha value is -2.56. The molecule has 1 aromatic carbocycles. The van der Waals surface area contributed by atoms with Gasteiger partial charge < -0.3 is 15.7 Å². The zero-order chi connectivity index (χ0) is 14.8. The number of phenolic OH excluding ortho intramolecular Hbond substituents is 1. The summed E-state index contributed by atoms with van der Waals surface area (Å²) in [5.41, 5.74) is 7.41. The Balaban J connectivity index is 1.88. The average molecular weight is 283 g/mol. The SMILES string of the molecule is Nc1ccc(C(=O)N2CCCC2c2ccncc2)cc1O. The molecule has 1 amide bonds. The van der Waals surface area contributed by atoms with Crippen molar-refractivity contribution < 1.29 is 9.90 Å². The molecule has 5 nitrogen and oxygen atoms in total. The number of amides is 1. The second-order valence-electron chi connectivity index (χ2n) is 5.21. The Morgan fingerprint density at radius 3 is 2.76 bits per heavy atom. The van der Waals surface area contributed by atoms with Gasteiger partial charge in [-0.3, -0.25) is 9.78 Å². The molecule has 1 unspecified atom stereocenters. The lowest BCUT2D eigenvalue weighted by Gasteiger charge is -2.25. The van der Waals surface area contributed by atoms with Gasteiger partial charge in [0.15, 0.2) is 0 Å². The van der Waals surface area contributed by atoms with Crippen LogP contribution in [0.4, 0.5) is 5.69 Å². The Morgan fingerprint density at radius 1 is 1.29 bits per heavy atom. The molecule has 0 aliphatic carbocycles. The van der Waals surface area contributed by atoms with Crippen LogP contribution in [0.15, 0.2) is 42.7 Å². The molecule has 2 heterocycles. The molecule has 3 rings (SSSR count). The number of aromatic nitrogens is 1. The predicted octanol–water partition coefficient (Wildman–Crippen LogP) is 2.35. The summed E-state index contributed by atoms with van der Waals surface area (Å²) < 4.78 is 0. The molecule has 21 heavy (non-hydrogen) atoms. The lowest BCUT2D eigenvalue weighted by Crippen LogP contribution is -2.30. The topological polar surface area (TPSA) is 79.5 Å². The van der Waals surface area contributed by atoms with Crippen LogP contribution < -0.4 is 5.73 Å². The number of hydrogen-bond donors (Lipinski definition) is 2. The maximum atomic E-state index is 12.7. The Kier molecular flexibility index (Phi) is 3.48.